The summed E-state index contributed by atoms with van der Waals surface area (Å²) in [5.41, 5.74) is 17.9. The zero-order valence-corrected chi connectivity index (χ0v) is 37.6. The lowest BCUT2D eigenvalue weighted by Gasteiger charge is -2.27. The number of hydrogen-bond donors (Lipinski definition) is 0. The molecule has 1 saturated carbocycles. The standard InChI is InChI=1S/C61H46N2S2/c1-5-15-47(16-6-1)62(48-17-7-2-8-18-48)51-29-23-43(24-30-51)57-35-37-59(64-57)45-27-33-53-54-34-28-46(42-56(54)61(55(53)41-45)39-13-14-40-61)60-38-36-58(65-60)44-25-31-52(32-26-44)63(49-19-9-3-10-20-49)50-21-11-4-12-22-50/h1-12,15-38,41-42H,13-14,39-40H2. The fourth-order valence-corrected chi connectivity index (χ4v) is 12.4. The van der Waals surface area contributed by atoms with Crippen molar-refractivity contribution >= 4 is 56.8 Å². The SMILES string of the molecule is c1ccc(N(c2ccccc2)c2ccc(-c3ccc(-c4ccc5c(c4)C4(CCCC4)c4cc(-c6ccc(-c7ccc(N(c8ccccc8)c8ccccc8)cc7)s6)ccc4-5)s3)cc2)cc1. The van der Waals surface area contributed by atoms with Crippen LogP contribution in [0, 0.1) is 0 Å². The minimum absolute atomic E-state index is 0.0648. The third-order valence-electron chi connectivity index (χ3n) is 13.5. The van der Waals surface area contributed by atoms with E-state index in [1.165, 1.54) is 89.7 Å². The van der Waals surface area contributed by atoms with Gasteiger partial charge >= 0.3 is 0 Å². The number of hydrogen-bond acceptors (Lipinski definition) is 4. The van der Waals surface area contributed by atoms with Crippen LogP contribution < -0.4 is 9.80 Å². The molecule has 0 radical (unpaired) electrons. The first-order valence-corrected chi connectivity index (χ1v) is 24.3. The van der Waals surface area contributed by atoms with Crippen molar-refractivity contribution in [2.45, 2.75) is 31.1 Å². The Balaban J connectivity index is 0.807. The molecule has 2 aliphatic rings. The highest BCUT2D eigenvalue weighted by Crippen LogP contribution is 2.58. The zero-order valence-electron chi connectivity index (χ0n) is 36.0. The molecular formula is C61H46N2S2. The van der Waals surface area contributed by atoms with E-state index in [0.29, 0.717) is 0 Å². The van der Waals surface area contributed by atoms with Gasteiger partial charge in [-0.1, -0.05) is 134 Å². The molecule has 0 bridgehead atoms. The Morgan fingerprint density at radius 2 is 0.585 bits per heavy atom. The Morgan fingerprint density at radius 3 is 0.923 bits per heavy atom. The van der Waals surface area contributed by atoms with Crippen molar-refractivity contribution in [3.05, 3.63) is 242 Å². The van der Waals surface area contributed by atoms with Gasteiger partial charge in [0.25, 0.3) is 0 Å². The summed E-state index contributed by atoms with van der Waals surface area (Å²) in [6, 6.07) is 84.4. The molecule has 4 heteroatoms. The molecule has 2 aliphatic carbocycles. The van der Waals surface area contributed by atoms with Crippen molar-refractivity contribution in [3.63, 3.8) is 0 Å². The molecule has 0 atom stereocenters. The van der Waals surface area contributed by atoms with Crippen molar-refractivity contribution in [1.29, 1.82) is 0 Å². The maximum absolute atomic E-state index is 2.54. The van der Waals surface area contributed by atoms with Crippen LogP contribution in [0.3, 0.4) is 0 Å². The van der Waals surface area contributed by atoms with E-state index in [4.69, 9.17) is 0 Å². The number of anilines is 6. The number of rotatable bonds is 10. The summed E-state index contributed by atoms with van der Waals surface area (Å²) in [6.45, 7) is 0. The lowest BCUT2D eigenvalue weighted by molar-refractivity contribution is 0.550. The zero-order chi connectivity index (χ0) is 43.2. The van der Waals surface area contributed by atoms with Crippen LogP contribution in [0.4, 0.5) is 34.1 Å². The Labute approximate surface area is 390 Å². The molecule has 10 aromatic rings. The van der Waals surface area contributed by atoms with E-state index in [1.54, 1.807) is 0 Å². The molecule has 12 rings (SSSR count). The summed E-state index contributed by atoms with van der Waals surface area (Å²) in [6.07, 6.45) is 4.94. The lowest BCUT2D eigenvalue weighted by atomic mass is 9.76. The van der Waals surface area contributed by atoms with E-state index in [2.05, 4.69) is 240 Å². The third kappa shape index (κ3) is 7.20. The van der Waals surface area contributed by atoms with E-state index in [9.17, 15) is 0 Å². The molecule has 2 nitrogen and oxygen atoms in total. The molecular weight excluding hydrogens is 825 g/mol. The lowest BCUT2D eigenvalue weighted by Crippen LogP contribution is -2.20. The minimum atomic E-state index is 0.0648. The molecule has 1 fully saturated rings. The van der Waals surface area contributed by atoms with Crippen molar-refractivity contribution in [2.24, 2.45) is 0 Å². The van der Waals surface area contributed by atoms with Gasteiger partial charge < -0.3 is 9.80 Å². The van der Waals surface area contributed by atoms with Gasteiger partial charge in [0.1, 0.15) is 0 Å². The van der Waals surface area contributed by atoms with E-state index < -0.39 is 0 Å². The first-order chi connectivity index (χ1) is 32.2. The van der Waals surface area contributed by atoms with Gasteiger partial charge in [-0.3, -0.25) is 0 Å². The van der Waals surface area contributed by atoms with Crippen LogP contribution >= 0.6 is 22.7 Å². The molecule has 8 aromatic carbocycles. The second-order valence-corrected chi connectivity index (χ2v) is 19.4. The maximum atomic E-state index is 2.54. The van der Waals surface area contributed by atoms with Gasteiger partial charge in [-0.25, -0.2) is 0 Å². The summed E-state index contributed by atoms with van der Waals surface area (Å²) in [7, 11) is 0. The van der Waals surface area contributed by atoms with Gasteiger partial charge in [0.15, 0.2) is 0 Å². The summed E-state index contributed by atoms with van der Waals surface area (Å²) >= 11 is 3.78. The molecule has 0 amide bonds. The molecule has 0 saturated heterocycles. The highest BCUT2D eigenvalue weighted by Gasteiger charge is 2.45. The molecule has 2 aromatic heterocycles. The molecule has 0 aliphatic heterocycles. The number of fused-ring (bicyclic) bond motifs is 5. The predicted molar refractivity (Wildman–Crippen MR) is 278 cm³/mol. The van der Waals surface area contributed by atoms with Crippen LogP contribution in [-0.2, 0) is 5.41 Å². The minimum Gasteiger partial charge on any atom is -0.311 e. The van der Waals surface area contributed by atoms with Crippen LogP contribution in [0.1, 0.15) is 36.8 Å². The van der Waals surface area contributed by atoms with Crippen molar-refractivity contribution in [2.75, 3.05) is 9.80 Å². The van der Waals surface area contributed by atoms with Gasteiger partial charge in [0.2, 0.25) is 0 Å². The van der Waals surface area contributed by atoms with E-state index >= 15 is 0 Å². The van der Waals surface area contributed by atoms with E-state index in [0.717, 1.165) is 34.1 Å². The second kappa shape index (κ2) is 16.7. The van der Waals surface area contributed by atoms with Gasteiger partial charge in [0, 0.05) is 59.0 Å². The van der Waals surface area contributed by atoms with Crippen molar-refractivity contribution in [1.82, 2.24) is 0 Å². The Kier molecular flexibility index (Phi) is 10.1. The average molecular weight is 871 g/mol. The summed E-state index contributed by atoms with van der Waals surface area (Å²) < 4.78 is 0. The van der Waals surface area contributed by atoms with Gasteiger partial charge in [-0.2, -0.15) is 0 Å². The highest BCUT2D eigenvalue weighted by molar-refractivity contribution is 7.19. The number of thiophene rings is 2. The first kappa shape index (κ1) is 39.4. The van der Waals surface area contributed by atoms with Crippen LogP contribution in [0.25, 0.3) is 52.9 Å². The quantitative estimate of drug-likeness (QED) is 0.135. The number of para-hydroxylation sites is 4. The summed E-state index contributed by atoms with van der Waals surface area (Å²) in [5.74, 6) is 0. The third-order valence-corrected chi connectivity index (χ3v) is 15.8. The van der Waals surface area contributed by atoms with Gasteiger partial charge in [-0.15, -0.1) is 22.7 Å². The second-order valence-electron chi connectivity index (χ2n) is 17.2. The van der Waals surface area contributed by atoms with Crippen LogP contribution in [0.5, 0.6) is 0 Å². The molecule has 2 heterocycles. The fourth-order valence-electron chi connectivity index (χ4n) is 10.4. The Morgan fingerprint density at radius 1 is 0.292 bits per heavy atom. The Bertz CT molecular complexity index is 2940. The average Bonchev–Trinajstić information content (AvgIpc) is 4.22. The monoisotopic (exact) mass is 870 g/mol. The largest absolute Gasteiger partial charge is 0.311 e. The number of nitrogens with zero attached hydrogens (tertiary/aromatic N) is 2. The smallest absolute Gasteiger partial charge is 0.0462 e. The molecule has 0 N–H and O–H groups in total. The molecule has 0 unspecified atom stereocenters. The number of benzene rings is 8. The highest BCUT2D eigenvalue weighted by atomic mass is 32.1. The van der Waals surface area contributed by atoms with Crippen LogP contribution in [-0.4, -0.2) is 0 Å². The van der Waals surface area contributed by atoms with Crippen LogP contribution in [0.2, 0.25) is 0 Å². The fraction of sp³-hybridized carbons (Fsp3) is 0.0820. The van der Waals surface area contributed by atoms with Gasteiger partial charge in [0.05, 0.1) is 0 Å². The molecule has 312 valence electrons. The first-order valence-electron chi connectivity index (χ1n) is 22.7. The van der Waals surface area contributed by atoms with E-state index in [1.807, 2.05) is 22.7 Å². The van der Waals surface area contributed by atoms with Crippen LogP contribution in [0.15, 0.2) is 231 Å². The normalized spacial score (nSPS) is 13.4. The van der Waals surface area contributed by atoms with Gasteiger partial charge in [-0.05, 0) is 167 Å². The van der Waals surface area contributed by atoms with Crippen molar-refractivity contribution < 1.29 is 0 Å². The van der Waals surface area contributed by atoms with Crippen molar-refractivity contribution in [3.8, 4) is 52.9 Å². The summed E-state index contributed by atoms with van der Waals surface area (Å²) in [5, 5.41) is 0. The summed E-state index contributed by atoms with van der Waals surface area (Å²) in [4.78, 5) is 9.84. The maximum Gasteiger partial charge on any atom is 0.0462 e. The predicted octanol–water partition coefficient (Wildman–Crippen LogP) is 18.3. The molecule has 65 heavy (non-hydrogen) atoms. The topological polar surface area (TPSA) is 6.48 Å². The molecule has 1 spiro atoms. The van der Waals surface area contributed by atoms with E-state index in [-0.39, 0.29) is 5.41 Å². The Hall–Kier alpha value is -7.24.